The lowest BCUT2D eigenvalue weighted by Crippen LogP contribution is -2.23. The van der Waals surface area contributed by atoms with Gasteiger partial charge in [-0.2, -0.15) is 5.10 Å². The van der Waals surface area contributed by atoms with Gasteiger partial charge in [0.1, 0.15) is 0 Å². The SMILES string of the molecule is Cc1cccc(CCC(N)Cc2cnn(C)c2)c1. The van der Waals surface area contributed by atoms with Crippen molar-refractivity contribution in [3.63, 3.8) is 0 Å². The summed E-state index contributed by atoms with van der Waals surface area (Å²) in [7, 11) is 1.93. The van der Waals surface area contributed by atoms with Gasteiger partial charge in [-0.05, 0) is 37.3 Å². The normalized spacial score (nSPS) is 12.6. The van der Waals surface area contributed by atoms with Crippen LogP contribution >= 0.6 is 0 Å². The van der Waals surface area contributed by atoms with Crippen molar-refractivity contribution in [3.8, 4) is 0 Å². The monoisotopic (exact) mass is 243 g/mol. The van der Waals surface area contributed by atoms with E-state index in [4.69, 9.17) is 5.73 Å². The highest BCUT2D eigenvalue weighted by Crippen LogP contribution is 2.10. The van der Waals surface area contributed by atoms with Gasteiger partial charge in [-0.25, -0.2) is 0 Å². The molecule has 0 saturated carbocycles. The lowest BCUT2D eigenvalue weighted by Gasteiger charge is -2.10. The predicted molar refractivity (Wildman–Crippen MR) is 74.4 cm³/mol. The molecule has 3 nitrogen and oxygen atoms in total. The fourth-order valence-electron chi connectivity index (χ4n) is 2.20. The van der Waals surface area contributed by atoms with Crippen LogP contribution in [0.25, 0.3) is 0 Å². The van der Waals surface area contributed by atoms with E-state index in [0.29, 0.717) is 0 Å². The van der Waals surface area contributed by atoms with E-state index in [0.717, 1.165) is 19.3 Å². The molecule has 0 bridgehead atoms. The standard InChI is InChI=1S/C15H21N3/c1-12-4-3-5-13(8-12)6-7-15(16)9-14-10-17-18(2)11-14/h3-5,8,10-11,15H,6-7,9,16H2,1-2H3. The van der Waals surface area contributed by atoms with E-state index in [1.54, 1.807) is 0 Å². The fourth-order valence-corrected chi connectivity index (χ4v) is 2.20. The summed E-state index contributed by atoms with van der Waals surface area (Å²) in [4.78, 5) is 0. The maximum atomic E-state index is 6.16. The summed E-state index contributed by atoms with van der Waals surface area (Å²) < 4.78 is 1.82. The summed E-state index contributed by atoms with van der Waals surface area (Å²) in [5.41, 5.74) is 10.1. The Morgan fingerprint density at radius 1 is 1.33 bits per heavy atom. The molecule has 2 N–H and O–H groups in total. The van der Waals surface area contributed by atoms with Crippen LogP contribution in [-0.4, -0.2) is 15.8 Å². The number of benzene rings is 1. The van der Waals surface area contributed by atoms with Gasteiger partial charge in [-0.3, -0.25) is 4.68 Å². The molecule has 1 heterocycles. The molecule has 0 saturated heterocycles. The van der Waals surface area contributed by atoms with Gasteiger partial charge in [0.2, 0.25) is 0 Å². The van der Waals surface area contributed by atoms with Crippen molar-refractivity contribution in [2.24, 2.45) is 12.8 Å². The van der Waals surface area contributed by atoms with Gasteiger partial charge in [0.15, 0.2) is 0 Å². The minimum atomic E-state index is 0.203. The van der Waals surface area contributed by atoms with E-state index < -0.39 is 0 Å². The highest BCUT2D eigenvalue weighted by Gasteiger charge is 2.06. The molecule has 0 aliphatic heterocycles. The van der Waals surface area contributed by atoms with Crippen LogP contribution in [0, 0.1) is 6.92 Å². The first kappa shape index (κ1) is 12.8. The molecular formula is C15H21N3. The second-order valence-electron chi connectivity index (χ2n) is 5.01. The summed E-state index contributed by atoms with van der Waals surface area (Å²) >= 11 is 0. The summed E-state index contributed by atoms with van der Waals surface area (Å²) in [5.74, 6) is 0. The van der Waals surface area contributed by atoms with Crippen molar-refractivity contribution < 1.29 is 0 Å². The molecule has 0 spiro atoms. The van der Waals surface area contributed by atoms with E-state index in [2.05, 4.69) is 36.3 Å². The molecule has 0 aliphatic rings. The van der Waals surface area contributed by atoms with Gasteiger partial charge in [-0.1, -0.05) is 29.8 Å². The van der Waals surface area contributed by atoms with Crippen molar-refractivity contribution in [2.45, 2.75) is 32.2 Å². The van der Waals surface area contributed by atoms with Crippen molar-refractivity contribution in [2.75, 3.05) is 0 Å². The third kappa shape index (κ3) is 3.70. The van der Waals surface area contributed by atoms with Crippen LogP contribution in [0.15, 0.2) is 36.7 Å². The molecule has 1 atom stereocenters. The molecule has 0 fully saturated rings. The molecule has 3 heteroatoms. The molecular weight excluding hydrogens is 222 g/mol. The second kappa shape index (κ2) is 5.83. The first-order valence-electron chi connectivity index (χ1n) is 6.42. The van der Waals surface area contributed by atoms with Crippen LogP contribution in [0.1, 0.15) is 23.1 Å². The second-order valence-corrected chi connectivity index (χ2v) is 5.01. The lowest BCUT2D eigenvalue weighted by atomic mass is 10.0. The van der Waals surface area contributed by atoms with Gasteiger partial charge < -0.3 is 5.73 Å². The van der Waals surface area contributed by atoms with Crippen LogP contribution < -0.4 is 5.73 Å². The quantitative estimate of drug-likeness (QED) is 0.875. The number of nitrogens with two attached hydrogens (primary N) is 1. The van der Waals surface area contributed by atoms with E-state index in [-0.39, 0.29) is 6.04 Å². The average molecular weight is 243 g/mol. The van der Waals surface area contributed by atoms with Crippen LogP contribution in [0.2, 0.25) is 0 Å². The zero-order valence-corrected chi connectivity index (χ0v) is 11.1. The third-order valence-electron chi connectivity index (χ3n) is 3.14. The van der Waals surface area contributed by atoms with E-state index in [1.807, 2.05) is 24.1 Å². The Bertz CT molecular complexity index is 502. The Balaban J connectivity index is 1.83. The van der Waals surface area contributed by atoms with Gasteiger partial charge in [0.05, 0.1) is 6.20 Å². The summed E-state index contributed by atoms with van der Waals surface area (Å²) in [6.07, 6.45) is 6.89. The van der Waals surface area contributed by atoms with Crippen molar-refractivity contribution in [1.82, 2.24) is 9.78 Å². The maximum absolute atomic E-state index is 6.16. The van der Waals surface area contributed by atoms with Gasteiger partial charge in [0.25, 0.3) is 0 Å². The summed E-state index contributed by atoms with van der Waals surface area (Å²) in [5, 5.41) is 4.16. The predicted octanol–water partition coefficient (Wildman–Crippen LogP) is 2.23. The Hall–Kier alpha value is -1.61. The largest absolute Gasteiger partial charge is 0.327 e. The molecule has 2 aromatic rings. The number of hydrogen-bond donors (Lipinski definition) is 1. The van der Waals surface area contributed by atoms with Gasteiger partial charge in [-0.15, -0.1) is 0 Å². The van der Waals surface area contributed by atoms with Gasteiger partial charge >= 0.3 is 0 Å². The zero-order valence-electron chi connectivity index (χ0n) is 11.1. The number of rotatable bonds is 5. The Labute approximate surface area is 109 Å². The average Bonchev–Trinajstić information content (AvgIpc) is 2.72. The molecule has 2 rings (SSSR count). The minimum absolute atomic E-state index is 0.203. The molecule has 96 valence electrons. The maximum Gasteiger partial charge on any atom is 0.0522 e. The number of nitrogens with zero attached hydrogens (tertiary/aromatic N) is 2. The van der Waals surface area contributed by atoms with Crippen molar-refractivity contribution in [1.29, 1.82) is 0 Å². The Morgan fingerprint density at radius 2 is 2.17 bits per heavy atom. The molecule has 1 aromatic heterocycles. The van der Waals surface area contributed by atoms with Crippen molar-refractivity contribution in [3.05, 3.63) is 53.3 Å². The molecule has 1 aromatic carbocycles. The van der Waals surface area contributed by atoms with Crippen LogP contribution in [0.5, 0.6) is 0 Å². The number of aromatic nitrogens is 2. The van der Waals surface area contributed by atoms with E-state index in [1.165, 1.54) is 16.7 Å². The summed E-state index contributed by atoms with van der Waals surface area (Å²) in [6, 6.07) is 8.84. The highest BCUT2D eigenvalue weighted by atomic mass is 15.2. The molecule has 18 heavy (non-hydrogen) atoms. The first-order chi connectivity index (χ1) is 8.63. The fraction of sp³-hybridized carbons (Fsp3) is 0.400. The zero-order chi connectivity index (χ0) is 13.0. The molecule has 0 aliphatic carbocycles. The van der Waals surface area contributed by atoms with E-state index >= 15 is 0 Å². The van der Waals surface area contributed by atoms with Crippen LogP contribution in [-0.2, 0) is 19.9 Å². The summed E-state index contributed by atoms with van der Waals surface area (Å²) in [6.45, 7) is 2.12. The lowest BCUT2D eigenvalue weighted by molar-refractivity contribution is 0.610. The smallest absolute Gasteiger partial charge is 0.0522 e. The van der Waals surface area contributed by atoms with Crippen LogP contribution in [0.4, 0.5) is 0 Å². The van der Waals surface area contributed by atoms with Crippen molar-refractivity contribution >= 4 is 0 Å². The first-order valence-corrected chi connectivity index (χ1v) is 6.42. The molecule has 1 unspecified atom stereocenters. The Morgan fingerprint density at radius 3 is 2.83 bits per heavy atom. The highest BCUT2D eigenvalue weighted by molar-refractivity contribution is 5.22. The van der Waals surface area contributed by atoms with E-state index in [9.17, 15) is 0 Å². The molecule has 0 radical (unpaired) electrons. The number of hydrogen-bond acceptors (Lipinski definition) is 2. The third-order valence-corrected chi connectivity index (χ3v) is 3.14. The minimum Gasteiger partial charge on any atom is -0.327 e. The topological polar surface area (TPSA) is 43.8 Å². The molecule has 0 amide bonds. The van der Waals surface area contributed by atoms with Crippen LogP contribution in [0.3, 0.4) is 0 Å². The Kier molecular flexibility index (Phi) is 4.15. The van der Waals surface area contributed by atoms with Gasteiger partial charge in [0, 0.05) is 19.3 Å². The number of aryl methyl sites for hydroxylation is 3.